The van der Waals surface area contributed by atoms with Gasteiger partial charge in [-0.15, -0.1) is 0 Å². The van der Waals surface area contributed by atoms with E-state index in [1.165, 1.54) is 0 Å². The molecule has 0 radical (unpaired) electrons. The summed E-state index contributed by atoms with van der Waals surface area (Å²) in [6.07, 6.45) is -0.311. The highest BCUT2D eigenvalue weighted by Gasteiger charge is 2.00. The first kappa shape index (κ1) is 11.8. The molecule has 0 rings (SSSR count). The summed E-state index contributed by atoms with van der Waals surface area (Å²) in [6.45, 7) is 2.04. The van der Waals surface area contributed by atoms with Crippen LogP contribution in [-0.2, 0) is 4.43 Å². The molecule has 0 spiro atoms. The summed E-state index contributed by atoms with van der Waals surface area (Å²) in [5.41, 5.74) is 0. The summed E-state index contributed by atoms with van der Waals surface area (Å²) in [5, 5.41) is 13.4. The van der Waals surface area contributed by atoms with Gasteiger partial charge in [0, 0.05) is 0 Å². The molecule has 74 valence electrons. The standard InChI is InChI=1S/C6H12N2O4Si/c1-2-3-4-13-12-6(11)8-7-5(9)10/h2-4,13H2,1H3,(H,9,10). The molecule has 0 heterocycles. The zero-order valence-electron chi connectivity index (χ0n) is 7.39. The van der Waals surface area contributed by atoms with Gasteiger partial charge in [-0.2, -0.15) is 0 Å². The number of carboxylic acid groups (broad SMARTS) is 1. The highest BCUT2D eigenvalue weighted by atomic mass is 28.2. The normalized spacial score (nSPS) is 11.2. The van der Waals surface area contributed by atoms with Crippen LogP contribution in [0.1, 0.15) is 19.8 Å². The average molecular weight is 204 g/mol. The minimum Gasteiger partial charge on any atom is -0.507 e. The predicted octanol–water partition coefficient (Wildman–Crippen LogP) is 1.56. The number of azo groups is 1. The second kappa shape index (κ2) is 7.41. The van der Waals surface area contributed by atoms with Crippen LogP contribution in [0.4, 0.5) is 9.59 Å². The molecule has 6 nitrogen and oxygen atoms in total. The first-order chi connectivity index (χ1) is 6.16. The molecule has 2 amide bonds. The Labute approximate surface area is 77.9 Å². The third-order valence-corrected chi connectivity index (χ3v) is 2.43. The van der Waals surface area contributed by atoms with Crippen molar-refractivity contribution in [1.29, 1.82) is 0 Å². The lowest BCUT2D eigenvalue weighted by Gasteiger charge is -1.97. The Bertz CT molecular complexity index is 207. The van der Waals surface area contributed by atoms with Crippen molar-refractivity contribution >= 4 is 21.9 Å². The molecule has 0 aliphatic heterocycles. The van der Waals surface area contributed by atoms with Gasteiger partial charge in [0.05, 0.1) is 0 Å². The van der Waals surface area contributed by atoms with Gasteiger partial charge in [-0.05, 0) is 6.04 Å². The van der Waals surface area contributed by atoms with Gasteiger partial charge >= 0.3 is 12.2 Å². The largest absolute Gasteiger partial charge is 0.507 e. The molecule has 7 heteroatoms. The van der Waals surface area contributed by atoms with Crippen molar-refractivity contribution in [2.24, 2.45) is 10.2 Å². The van der Waals surface area contributed by atoms with E-state index in [-0.39, 0.29) is 0 Å². The summed E-state index contributed by atoms with van der Waals surface area (Å²) < 4.78 is 4.67. The minimum atomic E-state index is -1.49. The van der Waals surface area contributed by atoms with Crippen LogP contribution in [-0.4, -0.2) is 27.1 Å². The molecule has 0 aliphatic carbocycles. The Morgan fingerprint density at radius 3 is 2.69 bits per heavy atom. The highest BCUT2D eigenvalue weighted by Crippen LogP contribution is 1.95. The molecule has 1 N–H and O–H groups in total. The van der Waals surface area contributed by atoms with E-state index in [9.17, 15) is 9.59 Å². The molecule has 0 saturated carbocycles. The topological polar surface area (TPSA) is 88.3 Å². The predicted molar refractivity (Wildman–Crippen MR) is 47.6 cm³/mol. The third-order valence-electron chi connectivity index (χ3n) is 1.19. The monoisotopic (exact) mass is 204 g/mol. The number of hydrogen-bond donors (Lipinski definition) is 1. The molecule has 0 unspecified atom stereocenters. The number of hydrogen-bond acceptors (Lipinski definition) is 3. The van der Waals surface area contributed by atoms with E-state index in [1.54, 1.807) is 0 Å². The van der Waals surface area contributed by atoms with Crippen molar-refractivity contribution in [3.63, 3.8) is 0 Å². The molecule has 0 aromatic heterocycles. The van der Waals surface area contributed by atoms with Crippen molar-refractivity contribution in [3.05, 3.63) is 0 Å². The molecular formula is C6H12N2O4Si. The highest BCUT2D eigenvalue weighted by molar-refractivity contribution is 6.30. The van der Waals surface area contributed by atoms with Crippen molar-refractivity contribution in [3.8, 4) is 0 Å². The Balaban J connectivity index is 3.46. The fourth-order valence-corrected chi connectivity index (χ4v) is 1.70. The van der Waals surface area contributed by atoms with E-state index < -0.39 is 21.9 Å². The van der Waals surface area contributed by atoms with Gasteiger partial charge in [0.2, 0.25) is 9.76 Å². The van der Waals surface area contributed by atoms with Crippen LogP contribution < -0.4 is 0 Å². The molecule has 0 saturated heterocycles. The van der Waals surface area contributed by atoms with Gasteiger partial charge in [0.1, 0.15) is 0 Å². The van der Waals surface area contributed by atoms with Crippen LogP contribution in [0, 0.1) is 0 Å². The average Bonchev–Trinajstić information content (AvgIpc) is 2.09. The van der Waals surface area contributed by atoms with Gasteiger partial charge in [-0.3, -0.25) is 0 Å². The van der Waals surface area contributed by atoms with Crippen LogP contribution in [0.15, 0.2) is 10.2 Å². The van der Waals surface area contributed by atoms with Crippen LogP contribution in [0.3, 0.4) is 0 Å². The molecule has 0 aromatic carbocycles. The van der Waals surface area contributed by atoms with E-state index in [1.807, 2.05) is 6.92 Å². The number of amides is 2. The van der Waals surface area contributed by atoms with Crippen molar-refractivity contribution in [2.45, 2.75) is 25.8 Å². The molecule has 0 aromatic rings. The molecule has 0 aliphatic rings. The van der Waals surface area contributed by atoms with Gasteiger partial charge in [0.25, 0.3) is 0 Å². The van der Waals surface area contributed by atoms with Gasteiger partial charge in [-0.1, -0.05) is 30.0 Å². The van der Waals surface area contributed by atoms with Crippen molar-refractivity contribution < 1.29 is 19.1 Å². The lowest BCUT2D eigenvalue weighted by atomic mass is 10.4. The minimum absolute atomic E-state index is 0.888. The summed E-state index contributed by atoms with van der Waals surface area (Å²) in [6, 6.07) is 0.894. The summed E-state index contributed by atoms with van der Waals surface area (Å²) in [7, 11) is -0.888. The number of unbranched alkanes of at least 4 members (excludes halogenated alkanes) is 1. The lowest BCUT2D eigenvalue weighted by molar-refractivity contribution is 0.197. The third kappa shape index (κ3) is 8.66. The van der Waals surface area contributed by atoms with E-state index >= 15 is 0 Å². The summed E-state index contributed by atoms with van der Waals surface area (Å²) in [4.78, 5) is 20.4. The Kier molecular flexibility index (Phi) is 6.70. The number of nitrogens with zero attached hydrogens (tertiary/aromatic N) is 2. The van der Waals surface area contributed by atoms with Gasteiger partial charge in [-0.25, -0.2) is 9.59 Å². The summed E-state index contributed by atoms with van der Waals surface area (Å²) in [5.74, 6) is 0. The van der Waals surface area contributed by atoms with Crippen LogP contribution >= 0.6 is 0 Å². The molecule has 13 heavy (non-hydrogen) atoms. The van der Waals surface area contributed by atoms with Crippen LogP contribution in [0.2, 0.25) is 6.04 Å². The lowest BCUT2D eigenvalue weighted by Crippen LogP contribution is -2.03. The van der Waals surface area contributed by atoms with Crippen LogP contribution in [0.25, 0.3) is 0 Å². The zero-order chi connectivity index (χ0) is 10.1. The van der Waals surface area contributed by atoms with E-state index in [4.69, 9.17) is 5.11 Å². The molecule has 0 bridgehead atoms. The Morgan fingerprint density at radius 2 is 2.15 bits per heavy atom. The maximum Gasteiger partial charge on any atom is 0.450 e. The zero-order valence-corrected chi connectivity index (χ0v) is 8.81. The smallest absolute Gasteiger partial charge is 0.450 e. The maximum absolute atomic E-state index is 10.6. The van der Waals surface area contributed by atoms with Crippen LogP contribution in [0.5, 0.6) is 0 Å². The molecule has 0 atom stereocenters. The SMILES string of the molecule is CCCC[SiH2]OC(=O)N=NC(=O)O. The fourth-order valence-electron chi connectivity index (χ4n) is 0.624. The first-order valence-electron chi connectivity index (χ1n) is 3.98. The number of carbonyl (C=O) groups is 2. The van der Waals surface area contributed by atoms with E-state index in [2.05, 4.69) is 14.7 Å². The number of carbonyl (C=O) groups excluding carboxylic acids is 1. The second-order valence-electron chi connectivity index (χ2n) is 2.30. The molecule has 0 fully saturated rings. The first-order valence-corrected chi connectivity index (χ1v) is 5.56. The van der Waals surface area contributed by atoms with E-state index in [0.717, 1.165) is 18.9 Å². The van der Waals surface area contributed by atoms with Gasteiger partial charge < -0.3 is 9.53 Å². The maximum atomic E-state index is 10.6. The van der Waals surface area contributed by atoms with Crippen molar-refractivity contribution in [2.75, 3.05) is 0 Å². The van der Waals surface area contributed by atoms with Crippen molar-refractivity contribution in [1.82, 2.24) is 0 Å². The second-order valence-corrected chi connectivity index (χ2v) is 3.71. The Hall–Kier alpha value is -1.24. The summed E-state index contributed by atoms with van der Waals surface area (Å²) >= 11 is 0. The molecular weight excluding hydrogens is 192 g/mol. The fraction of sp³-hybridized carbons (Fsp3) is 0.667. The van der Waals surface area contributed by atoms with Gasteiger partial charge in [0.15, 0.2) is 0 Å². The number of rotatable bonds is 4. The quantitative estimate of drug-likeness (QED) is 0.427. The Morgan fingerprint density at radius 1 is 1.46 bits per heavy atom. The van der Waals surface area contributed by atoms with E-state index in [0.29, 0.717) is 0 Å².